The lowest BCUT2D eigenvalue weighted by atomic mass is 10.2. The molecule has 0 fully saturated rings. The van der Waals surface area contributed by atoms with E-state index in [0.29, 0.717) is 11.7 Å². The molecular weight excluding hydrogens is 264 g/mol. The van der Waals surface area contributed by atoms with Gasteiger partial charge in [-0.25, -0.2) is 14.9 Å². The van der Waals surface area contributed by atoms with E-state index in [1.54, 1.807) is 17.7 Å². The van der Waals surface area contributed by atoms with E-state index in [2.05, 4.69) is 15.2 Å². The van der Waals surface area contributed by atoms with Crippen LogP contribution in [0.2, 0.25) is 0 Å². The second-order valence-electron chi connectivity index (χ2n) is 4.17. The van der Waals surface area contributed by atoms with Crippen LogP contribution in [0.1, 0.15) is 31.9 Å². The van der Waals surface area contributed by atoms with Gasteiger partial charge in [-0.3, -0.25) is 4.57 Å². The number of aromatic amines is 1. The van der Waals surface area contributed by atoms with Gasteiger partial charge in [-0.2, -0.15) is 0 Å². The highest BCUT2D eigenvalue weighted by Gasteiger charge is 2.10. The summed E-state index contributed by atoms with van der Waals surface area (Å²) in [6.07, 6.45) is 1.96. The molecule has 0 saturated heterocycles. The molecule has 7 heteroatoms. The summed E-state index contributed by atoms with van der Waals surface area (Å²) in [5, 5.41) is 17.2. The van der Waals surface area contributed by atoms with E-state index >= 15 is 0 Å². The largest absolute Gasteiger partial charge is 0.389 e. The van der Waals surface area contributed by atoms with Crippen LogP contribution in [-0.4, -0.2) is 24.9 Å². The smallest absolute Gasteiger partial charge is 0.343 e. The summed E-state index contributed by atoms with van der Waals surface area (Å²) in [5.41, 5.74) is 0.558. The highest BCUT2D eigenvalue weighted by Crippen LogP contribution is 2.24. The number of hydrogen-bond donors (Lipinski definition) is 2. The van der Waals surface area contributed by atoms with Crippen molar-refractivity contribution in [1.29, 1.82) is 0 Å². The maximum absolute atomic E-state index is 11.5. The minimum Gasteiger partial charge on any atom is -0.389 e. The number of aromatic nitrogens is 4. The van der Waals surface area contributed by atoms with E-state index in [0.717, 1.165) is 17.0 Å². The molecule has 102 valence electrons. The highest BCUT2D eigenvalue weighted by molar-refractivity contribution is 7.99. The molecule has 0 aromatic carbocycles. The predicted molar refractivity (Wildman–Crippen MR) is 72.1 cm³/mol. The van der Waals surface area contributed by atoms with Crippen molar-refractivity contribution in [3.05, 3.63) is 34.4 Å². The lowest BCUT2D eigenvalue weighted by Crippen LogP contribution is -2.17. The summed E-state index contributed by atoms with van der Waals surface area (Å²) >= 11 is 1.32. The standard InChI is InChI=1S/C12H16N4O2S/c1-3-6-16-11(18)14-15-12(16)19-10-5-4-9(7-13-10)8(2)17/h4-5,7-8,17H,3,6H2,1-2H3,(H,14,18)/t8-/m1/s1. The average molecular weight is 280 g/mol. The molecule has 0 aliphatic carbocycles. The second kappa shape index (κ2) is 6.03. The molecule has 0 aliphatic heterocycles. The molecule has 0 bridgehead atoms. The lowest BCUT2D eigenvalue weighted by Gasteiger charge is -2.05. The normalized spacial score (nSPS) is 12.6. The molecule has 6 nitrogen and oxygen atoms in total. The zero-order valence-corrected chi connectivity index (χ0v) is 11.6. The number of pyridine rings is 1. The van der Waals surface area contributed by atoms with Crippen LogP contribution in [-0.2, 0) is 6.54 Å². The number of aliphatic hydroxyl groups excluding tert-OH is 1. The van der Waals surface area contributed by atoms with Gasteiger partial charge in [-0.1, -0.05) is 13.0 Å². The first-order valence-electron chi connectivity index (χ1n) is 6.09. The van der Waals surface area contributed by atoms with Gasteiger partial charge in [0.25, 0.3) is 0 Å². The van der Waals surface area contributed by atoms with Gasteiger partial charge >= 0.3 is 5.69 Å². The quantitative estimate of drug-likeness (QED) is 0.868. The molecule has 0 unspecified atom stereocenters. The Morgan fingerprint density at radius 2 is 2.32 bits per heavy atom. The third-order valence-electron chi connectivity index (χ3n) is 2.61. The van der Waals surface area contributed by atoms with E-state index in [1.807, 2.05) is 19.1 Å². The molecule has 0 spiro atoms. The van der Waals surface area contributed by atoms with Crippen LogP contribution in [0.3, 0.4) is 0 Å². The van der Waals surface area contributed by atoms with Gasteiger partial charge in [0.2, 0.25) is 0 Å². The summed E-state index contributed by atoms with van der Waals surface area (Å²) in [7, 11) is 0. The fourth-order valence-corrected chi connectivity index (χ4v) is 2.40. The minimum absolute atomic E-state index is 0.204. The summed E-state index contributed by atoms with van der Waals surface area (Å²) < 4.78 is 1.59. The first-order valence-corrected chi connectivity index (χ1v) is 6.90. The molecule has 0 radical (unpaired) electrons. The van der Waals surface area contributed by atoms with E-state index < -0.39 is 6.10 Å². The molecule has 2 heterocycles. The summed E-state index contributed by atoms with van der Waals surface area (Å²) in [5.74, 6) is 0. The number of nitrogens with zero attached hydrogens (tertiary/aromatic N) is 3. The van der Waals surface area contributed by atoms with Gasteiger partial charge < -0.3 is 5.11 Å². The molecule has 1 atom stereocenters. The van der Waals surface area contributed by atoms with Gasteiger partial charge in [0.15, 0.2) is 5.16 Å². The lowest BCUT2D eigenvalue weighted by molar-refractivity contribution is 0.198. The van der Waals surface area contributed by atoms with Crippen molar-refractivity contribution >= 4 is 11.8 Å². The summed E-state index contributed by atoms with van der Waals surface area (Å²) in [4.78, 5) is 15.8. The van der Waals surface area contributed by atoms with Crippen LogP contribution in [0.25, 0.3) is 0 Å². The molecule has 2 N–H and O–H groups in total. The van der Waals surface area contributed by atoms with Crippen molar-refractivity contribution < 1.29 is 5.11 Å². The van der Waals surface area contributed by atoms with Crippen LogP contribution < -0.4 is 5.69 Å². The highest BCUT2D eigenvalue weighted by atomic mass is 32.2. The zero-order valence-electron chi connectivity index (χ0n) is 10.8. The molecule has 2 aromatic rings. The third kappa shape index (κ3) is 3.24. The van der Waals surface area contributed by atoms with Crippen molar-refractivity contribution in [3.63, 3.8) is 0 Å². The maximum Gasteiger partial charge on any atom is 0.343 e. The zero-order chi connectivity index (χ0) is 13.8. The van der Waals surface area contributed by atoms with Gasteiger partial charge in [-0.05, 0) is 36.7 Å². The first kappa shape index (κ1) is 13.8. The Balaban J connectivity index is 2.19. The second-order valence-corrected chi connectivity index (χ2v) is 5.16. The Morgan fingerprint density at radius 3 is 2.89 bits per heavy atom. The van der Waals surface area contributed by atoms with Crippen molar-refractivity contribution in [2.24, 2.45) is 0 Å². The van der Waals surface area contributed by atoms with E-state index in [9.17, 15) is 9.90 Å². The van der Waals surface area contributed by atoms with Crippen LogP contribution in [0.4, 0.5) is 0 Å². The maximum atomic E-state index is 11.5. The van der Waals surface area contributed by atoms with E-state index in [4.69, 9.17) is 0 Å². The number of aliphatic hydroxyl groups is 1. The van der Waals surface area contributed by atoms with Crippen LogP contribution in [0, 0.1) is 0 Å². The SMILES string of the molecule is CCCn1c(Sc2ccc([C@@H](C)O)cn2)n[nH]c1=O. The Bertz CT molecular complexity index is 589. The summed E-state index contributed by atoms with van der Waals surface area (Å²) in [6, 6.07) is 3.62. The molecule has 2 aromatic heterocycles. The Hall–Kier alpha value is -1.60. The Labute approximate surface area is 114 Å². The Morgan fingerprint density at radius 1 is 1.53 bits per heavy atom. The number of H-pyrrole nitrogens is 1. The van der Waals surface area contributed by atoms with Gasteiger partial charge in [-0.15, -0.1) is 5.10 Å². The van der Waals surface area contributed by atoms with Crippen LogP contribution in [0.15, 0.2) is 33.3 Å². The van der Waals surface area contributed by atoms with Crippen molar-refractivity contribution in [2.45, 2.75) is 43.1 Å². The van der Waals surface area contributed by atoms with Gasteiger partial charge in [0.05, 0.1) is 6.10 Å². The van der Waals surface area contributed by atoms with E-state index in [1.165, 1.54) is 11.8 Å². The van der Waals surface area contributed by atoms with Crippen molar-refractivity contribution in [3.8, 4) is 0 Å². The van der Waals surface area contributed by atoms with Gasteiger partial charge in [0.1, 0.15) is 5.03 Å². The third-order valence-corrected chi connectivity index (χ3v) is 3.55. The van der Waals surface area contributed by atoms with Crippen molar-refractivity contribution in [2.75, 3.05) is 0 Å². The summed E-state index contributed by atoms with van der Waals surface area (Å²) in [6.45, 7) is 4.32. The molecule has 2 rings (SSSR count). The number of rotatable bonds is 5. The number of nitrogens with one attached hydrogen (secondary N) is 1. The minimum atomic E-state index is -0.532. The van der Waals surface area contributed by atoms with E-state index in [-0.39, 0.29) is 5.69 Å². The predicted octanol–water partition coefficient (Wildman–Crippen LogP) is 1.58. The first-order chi connectivity index (χ1) is 9.11. The molecular formula is C12H16N4O2S. The average Bonchev–Trinajstić information content (AvgIpc) is 2.73. The molecule has 19 heavy (non-hydrogen) atoms. The van der Waals surface area contributed by atoms with Crippen LogP contribution in [0.5, 0.6) is 0 Å². The van der Waals surface area contributed by atoms with Crippen LogP contribution >= 0.6 is 11.8 Å². The monoisotopic (exact) mass is 280 g/mol. The Kier molecular flexibility index (Phi) is 4.39. The molecule has 0 saturated carbocycles. The topological polar surface area (TPSA) is 83.8 Å². The fraction of sp³-hybridized carbons (Fsp3) is 0.417. The molecule has 0 amide bonds. The number of hydrogen-bond acceptors (Lipinski definition) is 5. The molecule has 0 aliphatic rings. The van der Waals surface area contributed by atoms with Crippen molar-refractivity contribution in [1.82, 2.24) is 19.7 Å². The fourth-order valence-electron chi connectivity index (χ4n) is 1.59. The van der Waals surface area contributed by atoms with Gasteiger partial charge in [0, 0.05) is 12.7 Å².